The SMILES string of the molecule is O=C(Nc1ccccc1C(F)(F)F)C1(c2cc(-c3ccc(Cl)cc3)on2)CC1. The summed E-state index contributed by atoms with van der Waals surface area (Å²) in [5, 5.41) is 6.98. The molecular weight excluding hydrogens is 393 g/mol. The van der Waals surface area contributed by atoms with E-state index < -0.39 is 23.1 Å². The van der Waals surface area contributed by atoms with Crippen LogP contribution in [-0.4, -0.2) is 11.1 Å². The molecule has 0 radical (unpaired) electrons. The van der Waals surface area contributed by atoms with Gasteiger partial charge in [-0.25, -0.2) is 0 Å². The van der Waals surface area contributed by atoms with E-state index in [4.69, 9.17) is 16.1 Å². The van der Waals surface area contributed by atoms with Crippen molar-refractivity contribution in [3.8, 4) is 11.3 Å². The van der Waals surface area contributed by atoms with E-state index in [9.17, 15) is 18.0 Å². The van der Waals surface area contributed by atoms with Crippen LogP contribution in [0.3, 0.4) is 0 Å². The minimum absolute atomic E-state index is 0.271. The van der Waals surface area contributed by atoms with E-state index in [1.807, 2.05) is 0 Å². The van der Waals surface area contributed by atoms with Gasteiger partial charge < -0.3 is 9.84 Å². The van der Waals surface area contributed by atoms with Gasteiger partial charge in [0.15, 0.2) is 5.76 Å². The maximum atomic E-state index is 13.2. The molecule has 1 heterocycles. The molecule has 1 N–H and O–H groups in total. The first-order valence-electron chi connectivity index (χ1n) is 8.50. The van der Waals surface area contributed by atoms with Crippen molar-refractivity contribution in [3.05, 3.63) is 70.9 Å². The number of benzene rings is 2. The lowest BCUT2D eigenvalue weighted by atomic mass is 9.99. The van der Waals surface area contributed by atoms with Gasteiger partial charge in [-0.15, -0.1) is 0 Å². The van der Waals surface area contributed by atoms with Crippen LogP contribution in [0.15, 0.2) is 59.1 Å². The molecule has 28 heavy (non-hydrogen) atoms. The maximum Gasteiger partial charge on any atom is 0.418 e. The molecule has 1 amide bonds. The minimum atomic E-state index is -4.56. The van der Waals surface area contributed by atoms with Crippen LogP contribution in [0.4, 0.5) is 18.9 Å². The molecule has 1 saturated carbocycles. The Balaban J connectivity index is 1.59. The predicted octanol–water partition coefficient (Wildman–Crippen LogP) is 5.68. The Morgan fingerprint density at radius 1 is 1.11 bits per heavy atom. The summed E-state index contributed by atoms with van der Waals surface area (Å²) in [6.07, 6.45) is -3.59. The molecule has 0 atom stereocenters. The molecule has 3 aromatic rings. The Kier molecular flexibility index (Phi) is 4.42. The number of carbonyl (C=O) groups is 1. The highest BCUT2D eigenvalue weighted by Gasteiger charge is 2.54. The van der Waals surface area contributed by atoms with Gasteiger partial charge in [-0.05, 0) is 49.2 Å². The predicted molar refractivity (Wildman–Crippen MR) is 97.9 cm³/mol. The number of carbonyl (C=O) groups excluding carboxylic acids is 1. The molecule has 8 heteroatoms. The average molecular weight is 407 g/mol. The third-order valence-electron chi connectivity index (χ3n) is 4.79. The lowest BCUT2D eigenvalue weighted by Gasteiger charge is -2.16. The Morgan fingerprint density at radius 3 is 2.43 bits per heavy atom. The van der Waals surface area contributed by atoms with E-state index in [-0.39, 0.29) is 5.69 Å². The van der Waals surface area contributed by atoms with Gasteiger partial charge >= 0.3 is 6.18 Å². The molecule has 4 nitrogen and oxygen atoms in total. The van der Waals surface area contributed by atoms with Crippen molar-refractivity contribution >= 4 is 23.2 Å². The van der Waals surface area contributed by atoms with Crippen LogP contribution in [0, 0.1) is 0 Å². The number of amides is 1. The number of nitrogens with zero attached hydrogens (tertiary/aromatic N) is 1. The van der Waals surface area contributed by atoms with Gasteiger partial charge in [0.1, 0.15) is 0 Å². The van der Waals surface area contributed by atoms with E-state index in [1.54, 1.807) is 30.3 Å². The summed E-state index contributed by atoms with van der Waals surface area (Å²) in [4.78, 5) is 12.8. The Labute approximate surface area is 163 Å². The molecule has 1 aliphatic rings. The van der Waals surface area contributed by atoms with Crippen molar-refractivity contribution in [2.75, 3.05) is 5.32 Å². The Morgan fingerprint density at radius 2 is 1.79 bits per heavy atom. The zero-order valence-electron chi connectivity index (χ0n) is 14.4. The fraction of sp³-hybridized carbons (Fsp3) is 0.200. The van der Waals surface area contributed by atoms with E-state index in [0.29, 0.717) is 29.3 Å². The molecule has 2 aromatic carbocycles. The van der Waals surface area contributed by atoms with Crippen molar-refractivity contribution in [2.24, 2.45) is 0 Å². The van der Waals surface area contributed by atoms with Crippen molar-refractivity contribution in [2.45, 2.75) is 24.4 Å². The zero-order valence-corrected chi connectivity index (χ0v) is 15.1. The van der Waals surface area contributed by atoms with Gasteiger partial charge in [-0.2, -0.15) is 13.2 Å². The second-order valence-electron chi connectivity index (χ2n) is 6.66. The number of halogens is 4. The second kappa shape index (κ2) is 6.67. The molecule has 0 bridgehead atoms. The fourth-order valence-corrected chi connectivity index (χ4v) is 3.18. The summed E-state index contributed by atoms with van der Waals surface area (Å²) in [6, 6.07) is 13.5. The molecule has 1 aliphatic carbocycles. The molecule has 1 fully saturated rings. The van der Waals surface area contributed by atoms with Crippen LogP contribution >= 0.6 is 11.6 Å². The van der Waals surface area contributed by atoms with Gasteiger partial charge in [0.05, 0.1) is 22.4 Å². The third kappa shape index (κ3) is 3.38. The van der Waals surface area contributed by atoms with E-state index in [2.05, 4.69) is 10.5 Å². The number of hydrogen-bond donors (Lipinski definition) is 1. The van der Waals surface area contributed by atoms with Gasteiger partial charge in [0.2, 0.25) is 5.91 Å². The molecule has 1 aromatic heterocycles. The van der Waals surface area contributed by atoms with Gasteiger partial charge in [-0.3, -0.25) is 4.79 Å². The van der Waals surface area contributed by atoms with Crippen LogP contribution in [0.25, 0.3) is 11.3 Å². The second-order valence-corrected chi connectivity index (χ2v) is 7.10. The standard InChI is InChI=1S/C20H14ClF3N2O2/c21-13-7-5-12(6-8-13)16-11-17(26-28-16)19(9-10-19)18(27)25-15-4-2-1-3-14(15)20(22,23)24/h1-8,11H,9-10H2,(H,25,27). The summed E-state index contributed by atoms with van der Waals surface area (Å²) < 4.78 is 44.8. The average Bonchev–Trinajstić information content (AvgIpc) is 3.32. The molecule has 0 unspecified atom stereocenters. The molecule has 0 saturated heterocycles. The number of anilines is 1. The van der Waals surface area contributed by atoms with Gasteiger partial charge in [0.25, 0.3) is 0 Å². The van der Waals surface area contributed by atoms with Crippen molar-refractivity contribution in [3.63, 3.8) is 0 Å². The summed E-state index contributed by atoms with van der Waals surface area (Å²) in [6.45, 7) is 0. The fourth-order valence-electron chi connectivity index (χ4n) is 3.06. The normalized spacial score (nSPS) is 15.3. The smallest absolute Gasteiger partial charge is 0.356 e. The quantitative estimate of drug-likeness (QED) is 0.606. The van der Waals surface area contributed by atoms with Crippen LogP contribution in [-0.2, 0) is 16.4 Å². The van der Waals surface area contributed by atoms with Crippen LogP contribution in [0.5, 0.6) is 0 Å². The Hall–Kier alpha value is -2.80. The van der Waals surface area contributed by atoms with Crippen molar-refractivity contribution < 1.29 is 22.5 Å². The van der Waals surface area contributed by atoms with E-state index >= 15 is 0 Å². The highest BCUT2D eigenvalue weighted by Crippen LogP contribution is 2.49. The summed E-state index contributed by atoms with van der Waals surface area (Å²) in [5.74, 6) is -0.0680. The lowest BCUT2D eigenvalue weighted by Crippen LogP contribution is -2.29. The highest BCUT2D eigenvalue weighted by molar-refractivity contribution is 6.30. The highest BCUT2D eigenvalue weighted by atomic mass is 35.5. The molecule has 4 rings (SSSR count). The maximum absolute atomic E-state index is 13.2. The first-order chi connectivity index (χ1) is 13.3. The van der Waals surface area contributed by atoms with Crippen LogP contribution in [0.2, 0.25) is 5.02 Å². The first kappa shape index (κ1) is 18.6. The Bertz CT molecular complexity index is 1020. The number of nitrogens with one attached hydrogen (secondary N) is 1. The molecule has 0 aliphatic heterocycles. The van der Waals surface area contributed by atoms with Crippen LogP contribution < -0.4 is 5.32 Å². The molecule has 0 spiro atoms. The number of alkyl halides is 3. The van der Waals surface area contributed by atoms with Gasteiger partial charge in [0, 0.05) is 16.7 Å². The number of aromatic nitrogens is 1. The third-order valence-corrected chi connectivity index (χ3v) is 5.05. The monoisotopic (exact) mass is 406 g/mol. The lowest BCUT2D eigenvalue weighted by molar-refractivity contribution is -0.137. The van der Waals surface area contributed by atoms with Gasteiger partial charge in [-0.1, -0.05) is 28.9 Å². The van der Waals surface area contributed by atoms with E-state index in [1.165, 1.54) is 18.2 Å². The topological polar surface area (TPSA) is 55.1 Å². The molecule has 144 valence electrons. The van der Waals surface area contributed by atoms with Crippen molar-refractivity contribution in [1.82, 2.24) is 5.16 Å². The summed E-state index contributed by atoms with van der Waals surface area (Å²) in [7, 11) is 0. The number of hydrogen-bond acceptors (Lipinski definition) is 3. The minimum Gasteiger partial charge on any atom is -0.356 e. The number of rotatable bonds is 4. The van der Waals surface area contributed by atoms with Crippen LogP contribution in [0.1, 0.15) is 24.1 Å². The summed E-state index contributed by atoms with van der Waals surface area (Å²) in [5.41, 5.74) is -0.998. The summed E-state index contributed by atoms with van der Waals surface area (Å²) >= 11 is 5.87. The van der Waals surface area contributed by atoms with E-state index in [0.717, 1.165) is 11.6 Å². The first-order valence-corrected chi connectivity index (χ1v) is 8.88. The largest absolute Gasteiger partial charge is 0.418 e. The molecular formula is C20H14ClF3N2O2. The zero-order chi connectivity index (χ0) is 19.9. The number of para-hydroxylation sites is 1. The van der Waals surface area contributed by atoms with Crippen molar-refractivity contribution in [1.29, 1.82) is 0 Å².